The second kappa shape index (κ2) is 11.1. The van der Waals surface area contributed by atoms with Crippen molar-refractivity contribution in [3.63, 3.8) is 0 Å². The zero-order valence-corrected chi connectivity index (χ0v) is 22.0. The van der Waals surface area contributed by atoms with Crippen LogP contribution in [-0.2, 0) is 14.8 Å². The second-order valence-corrected chi connectivity index (χ2v) is 10.9. The number of benzene rings is 4. The molecule has 0 aromatic heterocycles. The molecular formula is C26H20ClIN2O4S. The van der Waals surface area contributed by atoms with Crippen molar-refractivity contribution in [2.24, 2.45) is 0 Å². The Morgan fingerprint density at radius 3 is 2.17 bits per heavy atom. The summed E-state index contributed by atoms with van der Waals surface area (Å²) >= 11 is 8.29. The number of nitrogens with one attached hydrogen (secondary N) is 1. The Balaban J connectivity index is 1.63. The largest absolute Gasteiger partial charge is 0.455 e. The highest BCUT2D eigenvalue weighted by Gasteiger charge is 2.27. The number of anilines is 2. The lowest BCUT2D eigenvalue weighted by atomic mass is 10.2. The molecule has 0 atom stereocenters. The van der Waals surface area contributed by atoms with Crippen LogP contribution in [0.5, 0.6) is 11.5 Å². The van der Waals surface area contributed by atoms with E-state index in [9.17, 15) is 13.2 Å². The van der Waals surface area contributed by atoms with Crippen LogP contribution in [0.15, 0.2) is 108 Å². The summed E-state index contributed by atoms with van der Waals surface area (Å²) in [6, 6.07) is 28.8. The van der Waals surface area contributed by atoms with Crippen LogP contribution in [-0.4, -0.2) is 20.9 Å². The smallest absolute Gasteiger partial charge is 0.264 e. The summed E-state index contributed by atoms with van der Waals surface area (Å²) < 4.78 is 34.8. The highest BCUT2D eigenvalue weighted by molar-refractivity contribution is 14.1. The Kier molecular flexibility index (Phi) is 7.94. The van der Waals surface area contributed by atoms with Gasteiger partial charge < -0.3 is 10.1 Å². The summed E-state index contributed by atoms with van der Waals surface area (Å²) in [7, 11) is -4.01. The van der Waals surface area contributed by atoms with Crippen molar-refractivity contribution in [1.82, 2.24) is 0 Å². The van der Waals surface area contributed by atoms with Crippen molar-refractivity contribution in [2.75, 3.05) is 16.2 Å². The van der Waals surface area contributed by atoms with Gasteiger partial charge in [-0.3, -0.25) is 9.10 Å². The molecule has 35 heavy (non-hydrogen) atoms. The van der Waals surface area contributed by atoms with Gasteiger partial charge in [0.2, 0.25) is 5.91 Å². The first-order valence-electron chi connectivity index (χ1n) is 10.5. The average molecular weight is 619 g/mol. The molecule has 0 aliphatic rings. The van der Waals surface area contributed by atoms with Gasteiger partial charge in [0.25, 0.3) is 10.0 Å². The lowest BCUT2D eigenvalue weighted by Gasteiger charge is -2.24. The van der Waals surface area contributed by atoms with Gasteiger partial charge in [-0.05, 0) is 89.3 Å². The molecule has 1 N–H and O–H groups in total. The maximum atomic E-state index is 13.5. The monoisotopic (exact) mass is 618 g/mol. The quantitative estimate of drug-likeness (QED) is 0.227. The number of nitrogens with zero attached hydrogens (tertiary/aromatic N) is 1. The number of rotatable bonds is 8. The Morgan fingerprint density at radius 2 is 1.51 bits per heavy atom. The first-order chi connectivity index (χ1) is 16.8. The molecule has 0 saturated carbocycles. The van der Waals surface area contributed by atoms with Gasteiger partial charge in [0.1, 0.15) is 12.3 Å². The molecule has 0 aliphatic heterocycles. The van der Waals surface area contributed by atoms with Crippen molar-refractivity contribution in [3.05, 3.63) is 112 Å². The molecule has 178 valence electrons. The van der Waals surface area contributed by atoms with Gasteiger partial charge in [0, 0.05) is 8.59 Å². The fourth-order valence-corrected chi connectivity index (χ4v) is 5.24. The topological polar surface area (TPSA) is 75.7 Å². The number of hydrogen-bond donors (Lipinski definition) is 1. The Morgan fingerprint density at radius 1 is 0.886 bits per heavy atom. The molecule has 0 saturated heterocycles. The summed E-state index contributed by atoms with van der Waals surface area (Å²) in [5.74, 6) is 0.404. The Bertz CT molecular complexity index is 1420. The maximum Gasteiger partial charge on any atom is 0.264 e. The summed E-state index contributed by atoms with van der Waals surface area (Å²) in [6.07, 6.45) is 0. The third kappa shape index (κ3) is 6.33. The van der Waals surface area contributed by atoms with Crippen molar-refractivity contribution in [1.29, 1.82) is 0 Å². The van der Waals surface area contributed by atoms with Gasteiger partial charge in [-0.15, -0.1) is 0 Å². The van der Waals surface area contributed by atoms with Crippen molar-refractivity contribution in [2.45, 2.75) is 4.90 Å². The molecule has 4 aromatic carbocycles. The van der Waals surface area contributed by atoms with E-state index in [4.69, 9.17) is 16.3 Å². The van der Waals surface area contributed by atoms with E-state index in [1.807, 2.05) is 18.2 Å². The first kappa shape index (κ1) is 25.0. The fourth-order valence-electron chi connectivity index (χ4n) is 3.27. The van der Waals surface area contributed by atoms with E-state index in [1.54, 1.807) is 72.8 Å². The van der Waals surface area contributed by atoms with E-state index in [0.717, 1.165) is 7.88 Å². The van der Waals surface area contributed by atoms with Crippen LogP contribution in [0.25, 0.3) is 0 Å². The van der Waals surface area contributed by atoms with E-state index in [1.165, 1.54) is 12.1 Å². The van der Waals surface area contributed by atoms with Crippen LogP contribution in [0.1, 0.15) is 0 Å². The predicted octanol–water partition coefficient (Wildman–Crippen LogP) is 6.57. The number of amides is 1. The SMILES string of the molecule is O=C(CN(c1ccc(I)cc1)S(=O)(=O)c1ccccc1)Nc1cc(Cl)ccc1Oc1ccccc1. The highest BCUT2D eigenvalue weighted by atomic mass is 127. The van der Waals surface area contributed by atoms with E-state index in [2.05, 4.69) is 27.9 Å². The number of ether oxygens (including phenoxy) is 1. The average Bonchev–Trinajstić information content (AvgIpc) is 2.86. The van der Waals surface area contributed by atoms with Crippen LogP contribution >= 0.6 is 34.2 Å². The van der Waals surface area contributed by atoms with Crippen LogP contribution in [0.3, 0.4) is 0 Å². The molecule has 0 unspecified atom stereocenters. The standard InChI is InChI=1S/C26H20ClIN2O4S/c27-19-11-16-25(34-22-7-3-1-4-8-22)24(17-19)29-26(31)18-30(21-14-12-20(28)13-15-21)35(32,33)23-9-5-2-6-10-23/h1-17H,18H2,(H,29,31). The number of halogens is 2. The number of carbonyl (C=O) groups is 1. The second-order valence-electron chi connectivity index (χ2n) is 7.40. The van der Waals surface area contributed by atoms with Crippen molar-refractivity contribution in [3.8, 4) is 11.5 Å². The molecule has 6 nitrogen and oxygen atoms in total. The minimum Gasteiger partial charge on any atom is -0.455 e. The highest BCUT2D eigenvalue weighted by Crippen LogP contribution is 2.32. The normalized spacial score (nSPS) is 11.0. The molecule has 4 aromatic rings. The molecule has 0 fully saturated rings. The minimum atomic E-state index is -4.01. The molecular weight excluding hydrogens is 599 g/mol. The molecule has 1 amide bonds. The first-order valence-corrected chi connectivity index (χ1v) is 13.4. The van der Waals surface area contributed by atoms with E-state index in [0.29, 0.717) is 27.9 Å². The Labute approximate surface area is 222 Å². The number of para-hydroxylation sites is 1. The van der Waals surface area contributed by atoms with E-state index < -0.39 is 22.5 Å². The van der Waals surface area contributed by atoms with Crippen LogP contribution in [0.4, 0.5) is 11.4 Å². The summed E-state index contributed by atoms with van der Waals surface area (Å²) in [4.78, 5) is 13.2. The third-order valence-electron chi connectivity index (χ3n) is 4.92. The molecule has 0 radical (unpaired) electrons. The van der Waals surface area contributed by atoms with Crippen molar-refractivity contribution >= 4 is 61.5 Å². The molecule has 0 aliphatic carbocycles. The molecule has 4 rings (SSSR count). The van der Waals surface area contributed by atoms with Crippen LogP contribution in [0.2, 0.25) is 5.02 Å². The number of hydrogen-bond acceptors (Lipinski definition) is 4. The van der Waals surface area contributed by atoms with Crippen LogP contribution < -0.4 is 14.4 Å². The third-order valence-corrected chi connectivity index (χ3v) is 7.66. The van der Waals surface area contributed by atoms with Gasteiger partial charge in [0.05, 0.1) is 16.3 Å². The van der Waals surface area contributed by atoms with Gasteiger partial charge >= 0.3 is 0 Å². The van der Waals surface area contributed by atoms with Crippen molar-refractivity contribution < 1.29 is 17.9 Å². The maximum absolute atomic E-state index is 13.5. The summed E-state index contributed by atoms with van der Waals surface area (Å²) in [5.41, 5.74) is 0.697. The molecule has 0 bridgehead atoms. The lowest BCUT2D eigenvalue weighted by molar-refractivity contribution is -0.114. The minimum absolute atomic E-state index is 0.0854. The zero-order valence-electron chi connectivity index (χ0n) is 18.3. The van der Waals surface area contributed by atoms with Gasteiger partial charge in [0.15, 0.2) is 5.75 Å². The van der Waals surface area contributed by atoms with Gasteiger partial charge in [-0.1, -0.05) is 48.0 Å². The van der Waals surface area contributed by atoms with Gasteiger partial charge in [-0.2, -0.15) is 0 Å². The molecule has 0 heterocycles. The zero-order chi connectivity index (χ0) is 24.8. The Hall–Kier alpha value is -3.08. The predicted molar refractivity (Wildman–Crippen MR) is 147 cm³/mol. The van der Waals surface area contributed by atoms with Crippen LogP contribution in [0, 0.1) is 3.57 Å². The van der Waals surface area contributed by atoms with Gasteiger partial charge in [-0.25, -0.2) is 8.42 Å². The molecule has 0 spiro atoms. The lowest BCUT2D eigenvalue weighted by Crippen LogP contribution is -2.38. The number of sulfonamides is 1. The summed E-state index contributed by atoms with van der Waals surface area (Å²) in [5, 5.41) is 3.15. The van der Waals surface area contributed by atoms with E-state index >= 15 is 0 Å². The number of carbonyl (C=O) groups excluding carboxylic acids is 1. The molecule has 9 heteroatoms. The summed E-state index contributed by atoms with van der Waals surface area (Å²) in [6.45, 7) is -0.449. The fraction of sp³-hybridized carbons (Fsp3) is 0.0385. The van der Waals surface area contributed by atoms with E-state index in [-0.39, 0.29) is 4.90 Å².